The Morgan fingerprint density at radius 3 is 1.26 bits per heavy atom. The Balaban J connectivity index is 2.36. The van der Waals surface area contributed by atoms with Gasteiger partial charge in [0.15, 0.2) is 0 Å². The van der Waals surface area contributed by atoms with Crippen LogP contribution in [-0.4, -0.2) is 52.1 Å². The van der Waals surface area contributed by atoms with Crippen LogP contribution in [0.25, 0.3) is 0 Å². The number of hydrogen-bond donors (Lipinski definition) is 2. The van der Waals surface area contributed by atoms with Gasteiger partial charge in [-0.3, -0.25) is 4.79 Å². The summed E-state index contributed by atoms with van der Waals surface area (Å²) in [7, 11) is 0. The minimum Gasteiger partial charge on any atom is -0.490 e. The van der Waals surface area contributed by atoms with E-state index in [0.29, 0.717) is 10.7 Å². The van der Waals surface area contributed by atoms with E-state index < -0.39 is 12.2 Å². The van der Waals surface area contributed by atoms with Crippen LogP contribution in [0.5, 0.6) is 11.5 Å². The Morgan fingerprint density at radius 2 is 1.03 bits per heavy atom. The first-order valence-electron chi connectivity index (χ1n) is 11.5. The average Bonchev–Trinajstić information content (AvgIpc) is 2.73. The van der Waals surface area contributed by atoms with Crippen molar-refractivity contribution in [2.45, 2.75) is 65.6 Å². The topological polar surface area (TPSA) is 76.0 Å². The van der Waals surface area contributed by atoms with Gasteiger partial charge in [-0.1, -0.05) is 56.1 Å². The van der Waals surface area contributed by atoms with Crippen LogP contribution in [0.4, 0.5) is 0 Å². The van der Waals surface area contributed by atoms with Gasteiger partial charge < -0.3 is 19.7 Å². The molecule has 4 unspecified atom stereocenters. The molecule has 2 aromatic carbocycles. The number of ether oxygens (including phenoxy) is 2. The van der Waals surface area contributed by atoms with Gasteiger partial charge in [-0.05, 0) is 74.9 Å². The van der Waals surface area contributed by atoms with Crippen LogP contribution in [0.2, 0.25) is 0 Å². The summed E-state index contributed by atoms with van der Waals surface area (Å²) in [4.78, 5) is 13.8. The summed E-state index contributed by atoms with van der Waals surface area (Å²) in [6, 6.07) is 8.01. The molecule has 0 aliphatic heterocycles. The quantitative estimate of drug-likeness (QED) is 0.308. The van der Waals surface area contributed by atoms with E-state index in [0.717, 1.165) is 44.9 Å². The first kappa shape index (κ1) is 28.8. The van der Waals surface area contributed by atoms with Gasteiger partial charge >= 0.3 is 0 Å². The van der Waals surface area contributed by atoms with Crippen LogP contribution in [0.1, 0.15) is 59.1 Å². The lowest BCUT2D eigenvalue weighted by Crippen LogP contribution is -2.24. The van der Waals surface area contributed by atoms with Crippen LogP contribution in [0, 0.1) is 27.7 Å². The highest BCUT2D eigenvalue weighted by Gasteiger charge is 2.30. The Bertz CT molecular complexity index is 863. The van der Waals surface area contributed by atoms with Gasteiger partial charge in [0.25, 0.3) is 0 Å². The fourth-order valence-corrected chi connectivity index (χ4v) is 5.52. The molecule has 4 atom stereocenters. The van der Waals surface area contributed by atoms with Crippen molar-refractivity contribution in [3.8, 4) is 11.5 Å². The van der Waals surface area contributed by atoms with Crippen LogP contribution in [-0.2, 0) is 4.79 Å². The number of rotatable bonds is 12. The maximum absolute atomic E-state index is 13.8. The summed E-state index contributed by atoms with van der Waals surface area (Å²) in [6.07, 6.45) is -1.10. The highest BCUT2D eigenvalue weighted by molar-refractivity contribution is 9.09. The van der Waals surface area contributed by atoms with Gasteiger partial charge in [0.05, 0.1) is 24.0 Å². The summed E-state index contributed by atoms with van der Waals surface area (Å²) in [6.45, 7) is 11.7. The van der Waals surface area contributed by atoms with Crippen molar-refractivity contribution < 1.29 is 24.5 Å². The molecule has 0 heterocycles. The van der Waals surface area contributed by atoms with Crippen LogP contribution >= 0.6 is 31.9 Å². The number of carbonyl (C=O) groups is 1. The zero-order valence-electron chi connectivity index (χ0n) is 20.8. The van der Waals surface area contributed by atoms with E-state index in [1.807, 2.05) is 52.0 Å². The Kier molecular flexibility index (Phi) is 11.1. The molecule has 0 saturated heterocycles. The maximum Gasteiger partial charge on any atom is 0.149 e. The fourth-order valence-electron chi connectivity index (χ4n) is 4.13. The largest absolute Gasteiger partial charge is 0.490 e. The van der Waals surface area contributed by atoms with E-state index >= 15 is 0 Å². The molecule has 0 fully saturated rings. The Labute approximate surface area is 220 Å². The van der Waals surface area contributed by atoms with Crippen molar-refractivity contribution >= 4 is 37.6 Å². The monoisotopic (exact) mass is 598 g/mol. The number of aliphatic hydroxyl groups excluding tert-OH is 2. The average molecular weight is 600 g/mol. The third-order valence-corrected chi connectivity index (χ3v) is 7.00. The number of aryl methyl sites for hydroxylation is 4. The smallest absolute Gasteiger partial charge is 0.149 e. The van der Waals surface area contributed by atoms with Crippen molar-refractivity contribution in [2.24, 2.45) is 0 Å². The number of benzene rings is 2. The minimum absolute atomic E-state index is 0.127. The van der Waals surface area contributed by atoms with Gasteiger partial charge in [0.2, 0.25) is 0 Å². The summed E-state index contributed by atoms with van der Waals surface area (Å²) in [5.74, 6) is 0.986. The Morgan fingerprint density at radius 1 is 0.735 bits per heavy atom. The number of ketones is 1. The van der Waals surface area contributed by atoms with E-state index in [9.17, 15) is 15.0 Å². The summed E-state index contributed by atoms with van der Waals surface area (Å²) >= 11 is 7.14. The highest BCUT2D eigenvalue weighted by atomic mass is 79.9. The number of alkyl halides is 2. The Hall–Kier alpha value is -1.41. The van der Waals surface area contributed by atoms with Gasteiger partial charge in [-0.25, -0.2) is 0 Å². The first-order chi connectivity index (χ1) is 16.0. The molecule has 34 heavy (non-hydrogen) atoms. The number of halogens is 2. The molecule has 0 radical (unpaired) electrons. The van der Waals surface area contributed by atoms with Crippen molar-refractivity contribution in [3.05, 3.63) is 57.6 Å². The number of hydrogen-bond acceptors (Lipinski definition) is 5. The molecule has 0 bridgehead atoms. The van der Waals surface area contributed by atoms with Gasteiger partial charge in [-0.15, -0.1) is 0 Å². The summed E-state index contributed by atoms with van der Waals surface area (Å²) < 4.78 is 11.6. The summed E-state index contributed by atoms with van der Waals surface area (Å²) in [5.41, 5.74) is 5.65. The number of Topliss-reactive ketones (excluding diaryl/α,β-unsaturated/α-hetero) is 1. The molecule has 0 saturated carbocycles. The van der Waals surface area contributed by atoms with Crippen molar-refractivity contribution in [1.82, 2.24) is 0 Å². The molecule has 2 rings (SSSR count). The second-order valence-corrected chi connectivity index (χ2v) is 10.4. The van der Waals surface area contributed by atoms with Gasteiger partial charge in [0.1, 0.15) is 30.5 Å². The van der Waals surface area contributed by atoms with Crippen molar-refractivity contribution in [1.29, 1.82) is 0 Å². The first-order valence-corrected chi connectivity index (χ1v) is 13.7. The molecule has 7 heteroatoms. The lowest BCUT2D eigenvalue weighted by atomic mass is 9.83. The molecular weight excluding hydrogens is 564 g/mol. The zero-order chi connectivity index (χ0) is 25.6. The number of aliphatic hydroxyl groups is 2. The molecular formula is C27H36Br2O5. The van der Waals surface area contributed by atoms with Crippen molar-refractivity contribution in [2.75, 3.05) is 23.9 Å². The van der Waals surface area contributed by atoms with Gasteiger partial charge in [-0.2, -0.15) is 0 Å². The van der Waals surface area contributed by atoms with E-state index in [4.69, 9.17) is 9.47 Å². The predicted molar refractivity (Wildman–Crippen MR) is 144 cm³/mol. The van der Waals surface area contributed by atoms with Crippen molar-refractivity contribution in [3.63, 3.8) is 0 Å². The second-order valence-electron chi connectivity index (χ2n) is 9.10. The van der Waals surface area contributed by atoms with Crippen LogP contribution < -0.4 is 9.47 Å². The fraction of sp³-hybridized carbons (Fsp3) is 0.519. The molecule has 0 aliphatic carbocycles. The van der Waals surface area contributed by atoms with E-state index in [1.165, 1.54) is 0 Å². The SMILES string of the molecule is Cc1cc(C(CBr)C(=O)C(CBr)c2cc(C)c(OCC(C)O)c(C)c2)cc(C)c1OCC(C)O. The lowest BCUT2D eigenvalue weighted by Gasteiger charge is -2.24. The third-order valence-electron chi connectivity index (χ3n) is 5.70. The molecule has 188 valence electrons. The van der Waals surface area contributed by atoms with Crippen LogP contribution in [0.3, 0.4) is 0 Å². The number of carbonyl (C=O) groups excluding carboxylic acids is 1. The van der Waals surface area contributed by atoms with Crippen LogP contribution in [0.15, 0.2) is 24.3 Å². The predicted octanol–water partition coefficient (Wildman–Crippen LogP) is 5.67. The van der Waals surface area contributed by atoms with E-state index in [1.54, 1.807) is 13.8 Å². The normalized spacial score (nSPS) is 14.9. The zero-order valence-corrected chi connectivity index (χ0v) is 24.0. The third kappa shape index (κ3) is 7.30. The minimum atomic E-state index is -0.550. The highest BCUT2D eigenvalue weighted by Crippen LogP contribution is 2.36. The molecule has 0 amide bonds. The molecule has 0 aromatic heterocycles. The van der Waals surface area contributed by atoms with Gasteiger partial charge in [0, 0.05) is 10.7 Å². The lowest BCUT2D eigenvalue weighted by molar-refractivity contribution is -0.121. The standard InChI is InChI=1S/C27H36Br2O5/c1-15-7-21(8-16(2)26(15)33-13-19(5)30)23(11-28)25(32)24(12-29)22-9-17(3)27(18(4)10-22)34-14-20(6)31/h7-10,19-20,23-24,30-31H,11-14H2,1-6H3. The molecule has 2 aromatic rings. The van der Waals surface area contributed by atoms with E-state index in [2.05, 4.69) is 31.9 Å². The molecule has 5 nitrogen and oxygen atoms in total. The maximum atomic E-state index is 13.8. The molecule has 2 N–H and O–H groups in total. The molecule has 0 spiro atoms. The van der Waals surface area contributed by atoms with E-state index in [-0.39, 0.29) is 30.8 Å². The summed E-state index contributed by atoms with van der Waals surface area (Å²) in [5, 5.41) is 20.1. The second kappa shape index (κ2) is 13.1. The molecule has 0 aliphatic rings.